The van der Waals surface area contributed by atoms with Crippen LogP contribution < -0.4 is 5.73 Å². The predicted molar refractivity (Wildman–Crippen MR) is 52.7 cm³/mol. The van der Waals surface area contributed by atoms with E-state index in [9.17, 15) is 4.79 Å². The van der Waals surface area contributed by atoms with Gasteiger partial charge in [-0.25, -0.2) is 0 Å². The Balaban J connectivity index is 3.85. The molecule has 0 aromatic carbocycles. The summed E-state index contributed by atoms with van der Waals surface area (Å²) in [5, 5.41) is 8.37. The predicted octanol–water partition coefficient (Wildman–Crippen LogP) is 1.97. The fraction of sp³-hybridized carbons (Fsp3) is 0.400. The van der Waals surface area contributed by atoms with Crippen molar-refractivity contribution >= 4 is 52.5 Å². The fourth-order valence-corrected chi connectivity index (χ4v) is 1.38. The van der Waals surface area contributed by atoms with Gasteiger partial charge >= 0.3 is 5.97 Å². The van der Waals surface area contributed by atoms with Crippen LogP contribution >= 0.6 is 46.6 Å². The van der Waals surface area contributed by atoms with Crippen LogP contribution in [-0.2, 0) is 4.79 Å². The molecule has 1 atom stereocenters. The van der Waals surface area contributed by atoms with Gasteiger partial charge in [0.2, 0.25) is 0 Å². The van der Waals surface area contributed by atoms with Gasteiger partial charge in [0.25, 0.3) is 0 Å². The number of halogens is 3. The lowest BCUT2D eigenvalue weighted by molar-refractivity contribution is -0.137. The summed E-state index contributed by atoms with van der Waals surface area (Å²) in [6, 6.07) is -0.962. The molecule has 0 unspecified atom stereocenters. The summed E-state index contributed by atoms with van der Waals surface area (Å²) in [6.07, 6.45) is 0. The highest BCUT2D eigenvalue weighted by Gasteiger charge is 2.12. The lowest BCUT2D eigenvalue weighted by Crippen LogP contribution is -2.32. The number of aliphatic carboxylic acids is 1. The standard InChI is InChI=1S/C5H6Cl3NO2S/c6-3(7)4(8)12-1-2(9)5(10)11/h2H,1,9H2,(H,10,11)/t2-/m1/s1. The highest BCUT2D eigenvalue weighted by Crippen LogP contribution is 2.28. The summed E-state index contributed by atoms with van der Waals surface area (Å²) in [5.74, 6) is -0.949. The Kier molecular flexibility index (Phi) is 6.13. The summed E-state index contributed by atoms with van der Waals surface area (Å²) < 4.78 is 0.0642. The molecule has 0 heterocycles. The van der Waals surface area contributed by atoms with Crippen LogP contribution in [0.5, 0.6) is 0 Å². The largest absolute Gasteiger partial charge is 0.480 e. The molecule has 0 fully saturated rings. The van der Waals surface area contributed by atoms with Gasteiger partial charge in [0.1, 0.15) is 14.9 Å². The third-order valence-corrected chi connectivity index (χ3v) is 3.15. The second-order valence-corrected chi connectivity index (χ2v) is 4.37. The second kappa shape index (κ2) is 5.94. The van der Waals surface area contributed by atoms with Crippen LogP contribution in [0.4, 0.5) is 0 Å². The van der Waals surface area contributed by atoms with E-state index in [2.05, 4.69) is 0 Å². The van der Waals surface area contributed by atoms with E-state index >= 15 is 0 Å². The molecule has 7 heteroatoms. The summed E-state index contributed by atoms with van der Waals surface area (Å²) in [6.45, 7) is 0. The maximum absolute atomic E-state index is 10.2. The monoisotopic (exact) mass is 249 g/mol. The molecular formula is C5H6Cl3NO2S. The third kappa shape index (κ3) is 5.11. The van der Waals surface area contributed by atoms with Gasteiger partial charge in [0.15, 0.2) is 0 Å². The first-order valence-electron chi connectivity index (χ1n) is 2.77. The number of rotatable bonds is 4. The van der Waals surface area contributed by atoms with Crippen LogP contribution in [0.3, 0.4) is 0 Å². The number of hydrogen-bond acceptors (Lipinski definition) is 3. The molecule has 0 aromatic heterocycles. The zero-order chi connectivity index (χ0) is 9.72. The normalized spacial score (nSPS) is 12.3. The van der Waals surface area contributed by atoms with E-state index in [4.69, 9.17) is 45.6 Å². The van der Waals surface area contributed by atoms with Gasteiger partial charge in [0, 0.05) is 5.75 Å². The zero-order valence-corrected chi connectivity index (χ0v) is 8.84. The highest BCUT2D eigenvalue weighted by molar-refractivity contribution is 8.04. The van der Waals surface area contributed by atoms with Crippen molar-refractivity contribution < 1.29 is 9.90 Å². The van der Waals surface area contributed by atoms with E-state index in [1.165, 1.54) is 0 Å². The van der Waals surface area contributed by atoms with Crippen molar-refractivity contribution in [3.05, 3.63) is 8.86 Å². The summed E-state index contributed by atoms with van der Waals surface area (Å²) >= 11 is 17.1. The van der Waals surface area contributed by atoms with Crippen molar-refractivity contribution in [2.45, 2.75) is 6.04 Å². The minimum Gasteiger partial charge on any atom is -0.480 e. The Bertz CT molecular complexity index is 205. The third-order valence-electron chi connectivity index (χ3n) is 0.855. The molecular weight excluding hydrogens is 244 g/mol. The maximum atomic E-state index is 10.2. The Labute approximate surface area is 88.8 Å². The molecule has 0 bridgehead atoms. The van der Waals surface area contributed by atoms with Crippen LogP contribution in [0.2, 0.25) is 0 Å². The molecule has 0 aliphatic carbocycles. The van der Waals surface area contributed by atoms with Crippen molar-refractivity contribution in [1.29, 1.82) is 0 Å². The highest BCUT2D eigenvalue weighted by atomic mass is 35.5. The molecule has 0 aliphatic heterocycles. The van der Waals surface area contributed by atoms with Crippen molar-refractivity contribution in [2.75, 3.05) is 5.75 Å². The van der Waals surface area contributed by atoms with Crippen LogP contribution in [0, 0.1) is 0 Å². The molecule has 3 N–H and O–H groups in total. The second-order valence-electron chi connectivity index (χ2n) is 1.79. The van der Waals surface area contributed by atoms with E-state index in [0.717, 1.165) is 11.8 Å². The van der Waals surface area contributed by atoms with Gasteiger partial charge in [-0.2, -0.15) is 0 Å². The molecule has 0 spiro atoms. The molecule has 12 heavy (non-hydrogen) atoms. The van der Waals surface area contributed by atoms with E-state index in [-0.39, 0.29) is 14.6 Å². The fourth-order valence-electron chi connectivity index (χ4n) is 0.289. The first kappa shape index (κ1) is 12.4. The molecule has 0 saturated carbocycles. The van der Waals surface area contributed by atoms with Gasteiger partial charge in [-0.3, -0.25) is 4.79 Å². The summed E-state index contributed by atoms with van der Waals surface area (Å²) in [7, 11) is 0. The number of hydrogen-bond donors (Lipinski definition) is 2. The van der Waals surface area contributed by atoms with E-state index < -0.39 is 12.0 Å². The lowest BCUT2D eigenvalue weighted by atomic mass is 10.4. The molecule has 0 aromatic rings. The van der Waals surface area contributed by atoms with Crippen LogP contribution in [0.15, 0.2) is 8.86 Å². The number of nitrogens with two attached hydrogens (primary N) is 1. The molecule has 70 valence electrons. The smallest absolute Gasteiger partial charge is 0.321 e. The molecule has 0 rings (SSSR count). The van der Waals surface area contributed by atoms with Crippen molar-refractivity contribution in [3.8, 4) is 0 Å². The van der Waals surface area contributed by atoms with Gasteiger partial charge < -0.3 is 10.8 Å². The number of carbonyl (C=O) groups is 1. The van der Waals surface area contributed by atoms with E-state index in [0.29, 0.717) is 0 Å². The molecule has 0 saturated heterocycles. The Morgan fingerprint density at radius 1 is 1.50 bits per heavy atom. The van der Waals surface area contributed by atoms with Crippen LogP contribution in [0.25, 0.3) is 0 Å². The zero-order valence-electron chi connectivity index (χ0n) is 5.76. The molecule has 0 aliphatic rings. The topological polar surface area (TPSA) is 63.3 Å². The van der Waals surface area contributed by atoms with Gasteiger partial charge in [-0.15, -0.1) is 11.8 Å². The number of carboxylic acid groups (broad SMARTS) is 1. The first-order valence-corrected chi connectivity index (χ1v) is 4.89. The van der Waals surface area contributed by atoms with E-state index in [1.807, 2.05) is 0 Å². The molecule has 3 nitrogen and oxygen atoms in total. The SMILES string of the molecule is N[C@H](CSC(Cl)=C(Cl)Cl)C(=O)O. The molecule has 0 amide bonds. The maximum Gasteiger partial charge on any atom is 0.321 e. The minimum absolute atomic E-state index is 0.0840. The Hall–Kier alpha value is 0.390. The summed E-state index contributed by atoms with van der Waals surface area (Å²) in [4.78, 5) is 10.2. The number of carboxylic acids is 1. The van der Waals surface area contributed by atoms with Crippen molar-refractivity contribution in [3.63, 3.8) is 0 Å². The van der Waals surface area contributed by atoms with E-state index in [1.54, 1.807) is 0 Å². The average Bonchev–Trinajstić information content (AvgIpc) is 1.98. The van der Waals surface area contributed by atoms with Gasteiger partial charge in [-0.05, 0) is 0 Å². The molecule has 0 radical (unpaired) electrons. The first-order chi connectivity index (χ1) is 5.45. The minimum atomic E-state index is -1.09. The average molecular weight is 251 g/mol. The summed E-state index contributed by atoms with van der Waals surface area (Å²) in [5.41, 5.74) is 5.18. The van der Waals surface area contributed by atoms with Crippen molar-refractivity contribution in [2.24, 2.45) is 5.73 Å². The number of thioether (sulfide) groups is 1. The van der Waals surface area contributed by atoms with Crippen LogP contribution in [-0.4, -0.2) is 22.9 Å². The van der Waals surface area contributed by atoms with Gasteiger partial charge in [0.05, 0.1) is 0 Å². The lowest BCUT2D eigenvalue weighted by Gasteiger charge is -2.04. The Morgan fingerprint density at radius 3 is 2.33 bits per heavy atom. The van der Waals surface area contributed by atoms with Crippen LogP contribution in [0.1, 0.15) is 0 Å². The quantitative estimate of drug-likeness (QED) is 0.801. The Morgan fingerprint density at radius 2 is 2.00 bits per heavy atom. The van der Waals surface area contributed by atoms with Gasteiger partial charge in [-0.1, -0.05) is 34.8 Å². The van der Waals surface area contributed by atoms with Crippen molar-refractivity contribution in [1.82, 2.24) is 0 Å².